The SMILES string of the molecule is O=C(O)c1cnc2cccc(C=CP(=O)(O)O)n12. The number of rotatable bonds is 3. The number of pyridine rings is 1. The van der Waals surface area contributed by atoms with Gasteiger partial charge in [-0.25, -0.2) is 9.78 Å². The fourth-order valence-electron chi connectivity index (χ4n) is 1.52. The molecule has 0 aliphatic rings. The van der Waals surface area contributed by atoms with Gasteiger partial charge in [0.2, 0.25) is 0 Å². The molecule has 0 aromatic carbocycles. The summed E-state index contributed by atoms with van der Waals surface area (Å²) < 4.78 is 12.1. The van der Waals surface area contributed by atoms with E-state index in [0.717, 1.165) is 0 Å². The van der Waals surface area contributed by atoms with Crippen LogP contribution < -0.4 is 0 Å². The monoisotopic (exact) mass is 268 g/mol. The Morgan fingerprint density at radius 2 is 2.11 bits per heavy atom. The standard InChI is InChI=1S/C10H9N2O5P/c13-10(14)8-6-11-9-3-1-2-7(12(8)9)4-5-18(15,16)17/h1-6H,(H,13,14)(H2,15,16,17). The fourth-order valence-corrected chi connectivity index (χ4v) is 1.86. The third-order valence-corrected chi connectivity index (χ3v) is 2.76. The number of aromatic carboxylic acids is 1. The lowest BCUT2D eigenvalue weighted by atomic mass is 10.3. The van der Waals surface area contributed by atoms with Gasteiger partial charge < -0.3 is 14.9 Å². The Labute approximate surface area is 101 Å². The molecule has 0 atom stereocenters. The summed E-state index contributed by atoms with van der Waals surface area (Å²) in [5, 5.41) is 8.99. The zero-order valence-electron chi connectivity index (χ0n) is 8.96. The van der Waals surface area contributed by atoms with E-state index in [0.29, 0.717) is 17.2 Å². The summed E-state index contributed by atoms with van der Waals surface area (Å²) in [5.41, 5.74) is 0.641. The maximum atomic E-state index is 11.0. The van der Waals surface area contributed by atoms with Gasteiger partial charge in [0.05, 0.1) is 6.20 Å². The summed E-state index contributed by atoms with van der Waals surface area (Å²) in [5.74, 6) is -0.451. The number of carboxylic acid groups (broad SMARTS) is 1. The van der Waals surface area contributed by atoms with Crippen LogP contribution in [0, 0.1) is 0 Å². The summed E-state index contributed by atoms with van der Waals surface area (Å²) in [6.07, 6.45) is 2.36. The molecule has 0 fully saturated rings. The topological polar surface area (TPSA) is 112 Å². The van der Waals surface area contributed by atoms with Crippen LogP contribution in [-0.4, -0.2) is 30.2 Å². The molecular weight excluding hydrogens is 259 g/mol. The average Bonchev–Trinajstić information content (AvgIpc) is 2.69. The van der Waals surface area contributed by atoms with E-state index in [4.69, 9.17) is 14.9 Å². The van der Waals surface area contributed by atoms with E-state index >= 15 is 0 Å². The highest BCUT2D eigenvalue weighted by Gasteiger charge is 2.13. The summed E-state index contributed by atoms with van der Waals surface area (Å²) >= 11 is 0. The second-order valence-corrected chi connectivity index (χ2v) is 4.97. The first kappa shape index (κ1) is 12.5. The number of imidazole rings is 1. The fraction of sp³-hybridized carbons (Fsp3) is 0. The Kier molecular flexibility index (Phi) is 3.04. The highest BCUT2D eigenvalue weighted by atomic mass is 31.2. The van der Waals surface area contributed by atoms with E-state index in [9.17, 15) is 9.36 Å². The van der Waals surface area contributed by atoms with E-state index in [-0.39, 0.29) is 5.69 Å². The smallest absolute Gasteiger partial charge is 0.354 e. The first-order valence-corrected chi connectivity index (χ1v) is 6.51. The second-order valence-electron chi connectivity index (χ2n) is 3.50. The van der Waals surface area contributed by atoms with Gasteiger partial charge >= 0.3 is 13.6 Å². The van der Waals surface area contributed by atoms with Gasteiger partial charge in [0, 0.05) is 11.5 Å². The van der Waals surface area contributed by atoms with Gasteiger partial charge in [-0.15, -0.1) is 0 Å². The molecule has 0 bridgehead atoms. The van der Waals surface area contributed by atoms with Crippen molar-refractivity contribution >= 4 is 25.3 Å². The number of hydrogen-bond acceptors (Lipinski definition) is 3. The summed E-state index contributed by atoms with van der Waals surface area (Å²) in [7, 11) is -4.29. The third-order valence-electron chi connectivity index (χ3n) is 2.22. The van der Waals surface area contributed by atoms with Gasteiger partial charge in [-0.1, -0.05) is 6.07 Å². The van der Waals surface area contributed by atoms with Crippen LogP contribution in [0.5, 0.6) is 0 Å². The molecule has 2 aromatic rings. The molecule has 0 radical (unpaired) electrons. The molecule has 0 saturated heterocycles. The van der Waals surface area contributed by atoms with Crippen LogP contribution in [0.25, 0.3) is 11.7 Å². The maximum Gasteiger partial charge on any atom is 0.354 e. The van der Waals surface area contributed by atoms with Crippen LogP contribution in [0.4, 0.5) is 0 Å². The van der Waals surface area contributed by atoms with Crippen molar-refractivity contribution in [2.75, 3.05) is 0 Å². The van der Waals surface area contributed by atoms with Crippen LogP contribution in [0.1, 0.15) is 16.2 Å². The Balaban J connectivity index is 2.64. The van der Waals surface area contributed by atoms with Crippen molar-refractivity contribution in [2.24, 2.45) is 0 Å². The van der Waals surface area contributed by atoms with Gasteiger partial charge in [0.25, 0.3) is 0 Å². The highest BCUT2D eigenvalue weighted by molar-refractivity contribution is 7.55. The van der Waals surface area contributed by atoms with Crippen molar-refractivity contribution in [3.8, 4) is 0 Å². The third kappa shape index (κ3) is 2.48. The molecule has 2 aromatic heterocycles. The molecule has 0 aliphatic carbocycles. The number of hydrogen-bond donors (Lipinski definition) is 3. The number of carbonyl (C=O) groups is 1. The molecule has 8 heteroatoms. The van der Waals surface area contributed by atoms with Crippen LogP contribution in [0.15, 0.2) is 30.2 Å². The lowest BCUT2D eigenvalue weighted by Gasteiger charge is -2.03. The van der Waals surface area contributed by atoms with Gasteiger partial charge in [-0.05, 0) is 18.2 Å². The zero-order chi connectivity index (χ0) is 13.3. The minimum absolute atomic E-state index is 0.0732. The predicted molar refractivity (Wildman–Crippen MR) is 63.2 cm³/mol. The minimum Gasteiger partial charge on any atom is -0.477 e. The van der Waals surface area contributed by atoms with Gasteiger partial charge in [-0.2, -0.15) is 0 Å². The lowest BCUT2D eigenvalue weighted by molar-refractivity contribution is 0.0689. The number of fused-ring (bicyclic) bond motifs is 1. The molecule has 3 N–H and O–H groups in total. The first-order valence-electron chi connectivity index (χ1n) is 4.83. The average molecular weight is 268 g/mol. The van der Waals surface area contributed by atoms with Crippen LogP contribution in [0.2, 0.25) is 0 Å². The van der Waals surface area contributed by atoms with Crippen molar-refractivity contribution < 1.29 is 24.3 Å². The summed E-state index contributed by atoms with van der Waals surface area (Å²) in [6, 6.07) is 4.75. The molecule has 0 amide bonds. The molecule has 0 unspecified atom stereocenters. The Hall–Kier alpha value is -1.95. The molecule has 7 nitrogen and oxygen atoms in total. The number of nitrogens with zero attached hydrogens (tertiary/aromatic N) is 2. The van der Waals surface area contributed by atoms with Crippen LogP contribution in [-0.2, 0) is 4.57 Å². The second kappa shape index (κ2) is 4.38. The lowest BCUT2D eigenvalue weighted by Crippen LogP contribution is -2.03. The van der Waals surface area contributed by atoms with Crippen molar-refractivity contribution in [2.45, 2.75) is 0 Å². The zero-order valence-corrected chi connectivity index (χ0v) is 9.86. The van der Waals surface area contributed by atoms with Crippen molar-refractivity contribution in [1.29, 1.82) is 0 Å². The molecule has 94 valence electrons. The summed E-state index contributed by atoms with van der Waals surface area (Å²) in [4.78, 5) is 32.4. The Bertz CT molecular complexity index is 685. The molecule has 0 aliphatic heterocycles. The Morgan fingerprint density at radius 1 is 1.39 bits per heavy atom. The van der Waals surface area contributed by atoms with Crippen LogP contribution >= 0.6 is 7.60 Å². The highest BCUT2D eigenvalue weighted by Crippen LogP contribution is 2.36. The quantitative estimate of drug-likeness (QED) is 0.720. The van der Waals surface area contributed by atoms with E-state index in [1.165, 1.54) is 22.7 Å². The molecule has 2 heterocycles. The van der Waals surface area contributed by atoms with Crippen molar-refractivity contribution in [3.05, 3.63) is 41.6 Å². The minimum atomic E-state index is -4.29. The maximum absolute atomic E-state index is 11.0. The van der Waals surface area contributed by atoms with E-state index < -0.39 is 13.6 Å². The van der Waals surface area contributed by atoms with Crippen molar-refractivity contribution in [3.63, 3.8) is 0 Å². The van der Waals surface area contributed by atoms with E-state index in [1.54, 1.807) is 12.1 Å². The predicted octanol–water partition coefficient (Wildman–Crippen LogP) is 1.18. The van der Waals surface area contributed by atoms with Crippen LogP contribution in [0.3, 0.4) is 0 Å². The Morgan fingerprint density at radius 3 is 2.72 bits per heavy atom. The first-order chi connectivity index (χ1) is 8.38. The number of aromatic nitrogens is 2. The molecule has 0 spiro atoms. The molecule has 2 rings (SSSR count). The molecular formula is C10H9N2O5P. The molecule has 18 heavy (non-hydrogen) atoms. The summed E-state index contributed by atoms with van der Waals surface area (Å²) in [6.45, 7) is 0. The van der Waals surface area contributed by atoms with Crippen molar-refractivity contribution in [1.82, 2.24) is 9.38 Å². The number of carboxylic acids is 1. The van der Waals surface area contributed by atoms with E-state index in [1.807, 2.05) is 0 Å². The van der Waals surface area contributed by atoms with Gasteiger partial charge in [0.15, 0.2) is 5.69 Å². The largest absolute Gasteiger partial charge is 0.477 e. The molecule has 0 saturated carbocycles. The normalized spacial score (nSPS) is 12.3. The van der Waals surface area contributed by atoms with Gasteiger partial charge in [-0.3, -0.25) is 8.97 Å². The van der Waals surface area contributed by atoms with E-state index in [2.05, 4.69) is 4.98 Å². The van der Waals surface area contributed by atoms with Gasteiger partial charge in [0.1, 0.15) is 5.65 Å².